The summed E-state index contributed by atoms with van der Waals surface area (Å²) in [4.78, 5) is 7.63. The van der Waals surface area contributed by atoms with Crippen LogP contribution in [0.2, 0.25) is 0 Å². The van der Waals surface area contributed by atoms with E-state index >= 15 is 0 Å². The standard InChI is InChI=1S/C61H54N5/c1-42(2)49-26-12-13-27-50(49)45-36-37-62-59(38-45)66-55-31-15-14-28-53(55)54-35-34-48(40-58(54)66)65(60-51(43-20-8-6-9-21-43)29-19-30-52(60)44-22-10-7-11-23-44)47-25-18-24-46(39-47)63-41-64(61(3,4)5)57-33-17-16-32-56(57)63/h6-10,12-22,24-42H,11,23H2,1-5H3/q+1. The van der Waals surface area contributed by atoms with Gasteiger partial charge < -0.3 is 4.90 Å². The second kappa shape index (κ2) is 16.7. The van der Waals surface area contributed by atoms with Gasteiger partial charge in [0, 0.05) is 58.0 Å². The molecule has 0 atom stereocenters. The molecule has 0 aliphatic heterocycles. The highest BCUT2D eigenvalue weighted by atomic mass is 15.2. The van der Waals surface area contributed by atoms with E-state index in [1.165, 1.54) is 49.7 Å². The number of allylic oxidation sites excluding steroid dienone is 4. The van der Waals surface area contributed by atoms with Gasteiger partial charge in [0.2, 0.25) is 0 Å². The molecule has 0 unspecified atom stereocenters. The molecular formula is C61H54N5+. The van der Waals surface area contributed by atoms with Crippen molar-refractivity contribution in [1.29, 1.82) is 0 Å². The van der Waals surface area contributed by atoms with E-state index in [4.69, 9.17) is 4.98 Å². The van der Waals surface area contributed by atoms with Crippen LogP contribution in [0.5, 0.6) is 0 Å². The molecule has 0 radical (unpaired) electrons. The maximum absolute atomic E-state index is 5.12. The molecule has 0 bridgehead atoms. The number of hydrogen-bond acceptors (Lipinski definition) is 2. The first kappa shape index (κ1) is 41.0. The summed E-state index contributed by atoms with van der Waals surface area (Å²) >= 11 is 0. The van der Waals surface area contributed by atoms with Gasteiger partial charge in [0.05, 0.1) is 27.9 Å². The Morgan fingerprint density at radius 2 is 1.29 bits per heavy atom. The molecule has 5 heteroatoms. The number of nitrogens with zero attached hydrogens (tertiary/aromatic N) is 5. The summed E-state index contributed by atoms with van der Waals surface area (Å²) in [5.41, 5.74) is 17.5. The van der Waals surface area contributed by atoms with E-state index in [2.05, 4.69) is 254 Å². The van der Waals surface area contributed by atoms with Gasteiger partial charge >= 0.3 is 0 Å². The Morgan fingerprint density at radius 1 is 0.591 bits per heavy atom. The molecule has 1 aliphatic rings. The Balaban J connectivity index is 1.19. The zero-order valence-corrected chi connectivity index (χ0v) is 38.4. The first-order chi connectivity index (χ1) is 32.2. The number of aromatic nitrogens is 4. The largest absolute Gasteiger partial charge is 0.308 e. The topological polar surface area (TPSA) is 30.9 Å². The van der Waals surface area contributed by atoms with Crippen molar-refractivity contribution >= 4 is 55.5 Å². The third kappa shape index (κ3) is 7.21. The molecular weight excluding hydrogens is 803 g/mol. The van der Waals surface area contributed by atoms with E-state index in [9.17, 15) is 0 Å². The molecule has 66 heavy (non-hydrogen) atoms. The lowest BCUT2D eigenvalue weighted by Crippen LogP contribution is -2.20. The van der Waals surface area contributed by atoms with E-state index in [0.29, 0.717) is 5.92 Å². The lowest BCUT2D eigenvalue weighted by atomic mass is 9.90. The van der Waals surface area contributed by atoms with E-state index < -0.39 is 0 Å². The van der Waals surface area contributed by atoms with E-state index in [1.807, 2.05) is 6.20 Å². The summed E-state index contributed by atoms with van der Waals surface area (Å²) in [5, 5.41) is 2.37. The van der Waals surface area contributed by atoms with E-state index in [1.54, 1.807) is 0 Å². The van der Waals surface area contributed by atoms with Crippen molar-refractivity contribution in [3.8, 4) is 33.8 Å². The highest BCUT2D eigenvalue weighted by molar-refractivity contribution is 6.11. The Labute approximate surface area is 387 Å². The maximum Gasteiger partial charge on any atom is 0.191 e. The molecule has 7 aromatic carbocycles. The predicted octanol–water partition coefficient (Wildman–Crippen LogP) is 16.6. The number of benzene rings is 7. The zero-order valence-electron chi connectivity index (χ0n) is 38.4. The summed E-state index contributed by atoms with van der Waals surface area (Å²) in [5.74, 6) is 1.27. The average Bonchev–Trinajstić information content (AvgIpc) is 3.92. The van der Waals surface area contributed by atoms with Crippen LogP contribution in [0.15, 0.2) is 207 Å². The summed E-state index contributed by atoms with van der Waals surface area (Å²) in [6, 6.07) is 64.4. The van der Waals surface area contributed by atoms with Gasteiger partial charge in [0.25, 0.3) is 0 Å². The third-order valence-corrected chi connectivity index (χ3v) is 13.2. The second-order valence-corrected chi connectivity index (χ2v) is 18.8. The molecule has 0 saturated heterocycles. The van der Waals surface area contributed by atoms with Crippen molar-refractivity contribution in [2.75, 3.05) is 4.90 Å². The molecule has 0 saturated carbocycles. The smallest absolute Gasteiger partial charge is 0.191 e. The first-order valence-electron chi connectivity index (χ1n) is 23.3. The van der Waals surface area contributed by atoms with Crippen molar-refractivity contribution in [2.45, 2.75) is 58.9 Å². The minimum Gasteiger partial charge on any atom is -0.308 e. The van der Waals surface area contributed by atoms with Gasteiger partial charge in [-0.3, -0.25) is 4.57 Å². The fraction of sp³-hybridized carbons (Fsp3) is 0.148. The molecule has 0 fully saturated rings. The quantitative estimate of drug-likeness (QED) is 0.135. The van der Waals surface area contributed by atoms with Crippen LogP contribution >= 0.6 is 0 Å². The van der Waals surface area contributed by atoms with Crippen LogP contribution in [-0.4, -0.2) is 18.7 Å². The number of hydrogen-bond donors (Lipinski definition) is 0. The van der Waals surface area contributed by atoms with Crippen molar-refractivity contribution in [3.63, 3.8) is 0 Å². The van der Waals surface area contributed by atoms with Crippen LogP contribution in [0.1, 0.15) is 64.5 Å². The van der Waals surface area contributed by atoms with Gasteiger partial charge in [0.15, 0.2) is 17.4 Å². The fourth-order valence-electron chi connectivity index (χ4n) is 10.1. The van der Waals surface area contributed by atoms with Crippen molar-refractivity contribution < 1.29 is 0 Å². The number of pyridine rings is 1. The predicted molar refractivity (Wildman–Crippen MR) is 279 cm³/mol. The molecule has 0 N–H and O–H groups in total. The van der Waals surface area contributed by atoms with Crippen LogP contribution in [0.3, 0.4) is 0 Å². The van der Waals surface area contributed by atoms with Crippen LogP contribution in [-0.2, 0) is 5.54 Å². The normalized spacial score (nSPS) is 13.0. The Kier molecular flexibility index (Phi) is 10.3. The number of fused-ring (bicyclic) bond motifs is 4. The lowest BCUT2D eigenvalue weighted by Gasteiger charge is -2.31. The molecule has 3 heterocycles. The molecule has 0 spiro atoms. The molecule has 3 aromatic heterocycles. The van der Waals surface area contributed by atoms with Crippen molar-refractivity contribution in [1.82, 2.24) is 18.7 Å². The van der Waals surface area contributed by atoms with Gasteiger partial charge in [-0.1, -0.05) is 129 Å². The number of imidazole rings is 1. The zero-order chi connectivity index (χ0) is 44.9. The summed E-state index contributed by atoms with van der Waals surface area (Å²) in [6.07, 6.45) is 13.0. The highest BCUT2D eigenvalue weighted by Crippen LogP contribution is 2.48. The first-order valence-corrected chi connectivity index (χ1v) is 23.3. The van der Waals surface area contributed by atoms with Crippen LogP contribution in [0.25, 0.3) is 72.2 Å². The van der Waals surface area contributed by atoms with Gasteiger partial charge in [-0.05, 0) is 122 Å². The minimum atomic E-state index is -0.111. The van der Waals surface area contributed by atoms with Gasteiger partial charge in [0.1, 0.15) is 11.5 Å². The van der Waals surface area contributed by atoms with Crippen LogP contribution < -0.4 is 4.90 Å². The molecule has 322 valence electrons. The Morgan fingerprint density at radius 3 is 2.09 bits per heavy atom. The average molecular weight is 857 g/mol. The number of para-hydroxylation sites is 4. The molecule has 0 amide bonds. The molecule has 11 rings (SSSR count). The Hall–Kier alpha value is -7.76. The lowest BCUT2D eigenvalue weighted by molar-refractivity contribution is 0.406. The van der Waals surface area contributed by atoms with E-state index in [0.717, 1.165) is 63.5 Å². The summed E-state index contributed by atoms with van der Waals surface area (Å²) in [6.45, 7) is 11.3. The third-order valence-electron chi connectivity index (χ3n) is 13.2. The summed E-state index contributed by atoms with van der Waals surface area (Å²) in [7, 11) is 0. The monoisotopic (exact) mass is 856 g/mol. The molecule has 5 nitrogen and oxygen atoms in total. The molecule has 1 aliphatic carbocycles. The van der Waals surface area contributed by atoms with Gasteiger partial charge in [-0.15, -0.1) is 0 Å². The number of rotatable bonds is 9. The second-order valence-electron chi connectivity index (χ2n) is 18.8. The molecule has 10 aromatic rings. The SMILES string of the molecule is CC(C)c1ccccc1-c1ccnc(-n2c3ccccc3c3ccc(N(c4cccc(-n5[cH+]n(C(C)(C)C)c6ccccc65)c4)c4c(C5=CC=CCC5)cccc4-c4ccccc4)cc32)c1. The van der Waals surface area contributed by atoms with E-state index in [-0.39, 0.29) is 5.54 Å². The van der Waals surface area contributed by atoms with Gasteiger partial charge in [-0.25, -0.2) is 9.55 Å². The minimum absolute atomic E-state index is 0.111. The summed E-state index contributed by atoms with van der Waals surface area (Å²) < 4.78 is 7.09. The van der Waals surface area contributed by atoms with Crippen LogP contribution in [0.4, 0.5) is 17.1 Å². The highest BCUT2D eigenvalue weighted by Gasteiger charge is 2.28. The maximum atomic E-state index is 5.12. The Bertz CT molecular complexity index is 3500. The fourth-order valence-corrected chi connectivity index (χ4v) is 10.1. The van der Waals surface area contributed by atoms with Crippen molar-refractivity contribution in [2.24, 2.45) is 0 Å². The van der Waals surface area contributed by atoms with Crippen molar-refractivity contribution in [3.05, 3.63) is 218 Å². The van der Waals surface area contributed by atoms with Gasteiger partial charge in [-0.2, -0.15) is 4.57 Å². The van der Waals surface area contributed by atoms with Crippen LogP contribution in [0, 0.1) is 0 Å². The number of anilines is 3.